The molecule has 126 valence electrons. The maximum atomic E-state index is 2.41. The van der Waals surface area contributed by atoms with Crippen molar-refractivity contribution in [3.8, 4) is 0 Å². The van der Waals surface area contributed by atoms with Gasteiger partial charge in [0.25, 0.3) is 0 Å². The number of benzene rings is 3. The summed E-state index contributed by atoms with van der Waals surface area (Å²) in [6.45, 7) is 6.49. The molecule has 25 heavy (non-hydrogen) atoms. The molecule has 4 aromatic rings. The first kappa shape index (κ1) is 15.9. The van der Waals surface area contributed by atoms with Gasteiger partial charge in [-0.05, 0) is 32.0 Å². The smallest absolute Gasteiger partial charge is 0.109 e. The minimum Gasteiger partial charge on any atom is -0.341 e. The Morgan fingerprint density at radius 3 is 2.36 bits per heavy atom. The third-order valence-electron chi connectivity index (χ3n) is 5.19. The molecule has 0 aliphatic heterocycles. The number of hydrogen-bond acceptors (Lipinski definition) is 0. The van der Waals surface area contributed by atoms with E-state index in [1.165, 1.54) is 32.9 Å². The Hall–Kier alpha value is -2.58. The van der Waals surface area contributed by atoms with E-state index in [0.717, 1.165) is 13.1 Å². The number of aromatic nitrogens is 1. The Balaban J connectivity index is 1.64. The Kier molecular flexibility index (Phi) is 4.29. The maximum Gasteiger partial charge on any atom is 0.109 e. The van der Waals surface area contributed by atoms with Crippen molar-refractivity contribution in [3.63, 3.8) is 0 Å². The summed E-state index contributed by atoms with van der Waals surface area (Å²) in [7, 11) is 0. The molecule has 1 atom stereocenters. The van der Waals surface area contributed by atoms with Crippen LogP contribution in [-0.4, -0.2) is 4.57 Å². The summed E-state index contributed by atoms with van der Waals surface area (Å²) in [6, 6.07) is 26.9. The van der Waals surface area contributed by atoms with E-state index in [2.05, 4.69) is 96.5 Å². The van der Waals surface area contributed by atoms with Gasteiger partial charge in [-0.15, -0.1) is 0 Å². The van der Waals surface area contributed by atoms with Gasteiger partial charge in [0.05, 0.1) is 0 Å². The first-order chi connectivity index (χ1) is 12.3. The second-order valence-corrected chi connectivity index (χ2v) is 6.75. The summed E-state index contributed by atoms with van der Waals surface area (Å²) in [6.07, 6.45) is 0. The molecule has 4 rings (SSSR count). The fraction of sp³-hybridized carbons (Fsp3) is 0.217. The summed E-state index contributed by atoms with van der Waals surface area (Å²) in [5, 5.41) is 5.14. The predicted octanol–water partition coefficient (Wildman–Crippen LogP) is 4.64. The lowest BCUT2D eigenvalue weighted by molar-refractivity contribution is -0.707. The molecule has 0 radical (unpaired) electrons. The lowest BCUT2D eigenvalue weighted by atomic mass is 10.1. The van der Waals surface area contributed by atoms with Gasteiger partial charge < -0.3 is 9.88 Å². The molecule has 1 heterocycles. The van der Waals surface area contributed by atoms with E-state index >= 15 is 0 Å². The molecule has 2 N–H and O–H groups in total. The third kappa shape index (κ3) is 2.94. The van der Waals surface area contributed by atoms with Gasteiger partial charge in [0.1, 0.15) is 12.6 Å². The zero-order chi connectivity index (χ0) is 17.2. The first-order valence-electron chi connectivity index (χ1n) is 9.16. The molecule has 0 saturated heterocycles. The highest BCUT2D eigenvalue weighted by molar-refractivity contribution is 6.08. The highest BCUT2D eigenvalue weighted by atomic mass is 15.0. The molecule has 2 nitrogen and oxygen atoms in total. The number of hydrogen-bond donors (Lipinski definition) is 1. The van der Waals surface area contributed by atoms with Gasteiger partial charge in [-0.3, -0.25) is 0 Å². The molecule has 0 bridgehead atoms. The Labute approximate surface area is 149 Å². The van der Waals surface area contributed by atoms with Crippen LogP contribution in [0, 0.1) is 0 Å². The van der Waals surface area contributed by atoms with Crippen LogP contribution < -0.4 is 5.32 Å². The van der Waals surface area contributed by atoms with Gasteiger partial charge in [0, 0.05) is 39.5 Å². The number of fused-ring (bicyclic) bond motifs is 3. The SMILES string of the molecule is CCn1c2ccccc2c2cc(C[NH2+][C@H](C)c3ccccc3)ccc21. The molecule has 0 unspecified atom stereocenters. The minimum absolute atomic E-state index is 0.467. The van der Waals surface area contributed by atoms with Crippen LogP contribution in [0.3, 0.4) is 0 Å². The van der Waals surface area contributed by atoms with Crippen LogP contribution in [0.5, 0.6) is 0 Å². The molecule has 0 aliphatic carbocycles. The Morgan fingerprint density at radius 1 is 0.840 bits per heavy atom. The molecule has 0 amide bonds. The molecular weight excluding hydrogens is 304 g/mol. The topological polar surface area (TPSA) is 21.5 Å². The summed E-state index contributed by atoms with van der Waals surface area (Å²) >= 11 is 0. The summed E-state index contributed by atoms with van der Waals surface area (Å²) in [5.74, 6) is 0. The number of aryl methyl sites for hydroxylation is 1. The van der Waals surface area contributed by atoms with Crippen molar-refractivity contribution >= 4 is 21.8 Å². The van der Waals surface area contributed by atoms with E-state index in [1.54, 1.807) is 0 Å². The Bertz CT molecular complexity index is 999. The van der Waals surface area contributed by atoms with Crippen LogP contribution in [0.25, 0.3) is 21.8 Å². The normalized spacial score (nSPS) is 12.7. The van der Waals surface area contributed by atoms with Crippen molar-refractivity contribution in [2.24, 2.45) is 0 Å². The van der Waals surface area contributed by atoms with Crippen LogP contribution >= 0.6 is 0 Å². The number of quaternary nitrogens is 1. The highest BCUT2D eigenvalue weighted by Gasteiger charge is 2.11. The average Bonchev–Trinajstić information content (AvgIpc) is 3.00. The summed E-state index contributed by atoms with van der Waals surface area (Å²) in [5.41, 5.74) is 5.43. The fourth-order valence-electron chi connectivity index (χ4n) is 3.77. The Morgan fingerprint density at radius 2 is 1.56 bits per heavy atom. The van der Waals surface area contributed by atoms with Crippen molar-refractivity contribution < 1.29 is 5.32 Å². The fourth-order valence-corrected chi connectivity index (χ4v) is 3.77. The number of nitrogens with two attached hydrogens (primary N) is 1. The molecule has 0 spiro atoms. The summed E-state index contributed by atoms with van der Waals surface area (Å²) < 4.78 is 2.41. The molecule has 3 aromatic carbocycles. The van der Waals surface area contributed by atoms with Crippen molar-refractivity contribution in [2.75, 3.05) is 0 Å². The maximum absolute atomic E-state index is 2.41. The highest BCUT2D eigenvalue weighted by Crippen LogP contribution is 2.29. The largest absolute Gasteiger partial charge is 0.341 e. The number of para-hydroxylation sites is 1. The van der Waals surface area contributed by atoms with E-state index in [4.69, 9.17) is 0 Å². The van der Waals surface area contributed by atoms with E-state index < -0.39 is 0 Å². The number of rotatable bonds is 5. The van der Waals surface area contributed by atoms with Gasteiger partial charge >= 0.3 is 0 Å². The molecule has 2 heteroatoms. The predicted molar refractivity (Wildman–Crippen MR) is 106 cm³/mol. The van der Waals surface area contributed by atoms with E-state index in [1.807, 2.05) is 0 Å². The van der Waals surface area contributed by atoms with Gasteiger partial charge in [-0.1, -0.05) is 54.6 Å². The molecule has 0 fully saturated rings. The molecule has 1 aromatic heterocycles. The number of nitrogens with zero attached hydrogens (tertiary/aromatic N) is 1. The van der Waals surface area contributed by atoms with E-state index in [0.29, 0.717) is 6.04 Å². The first-order valence-corrected chi connectivity index (χ1v) is 9.16. The standard InChI is InChI=1S/C23H24N2/c1-3-25-22-12-8-7-11-20(22)21-15-18(13-14-23(21)25)16-24-17(2)19-9-5-4-6-10-19/h4-15,17,24H,3,16H2,1-2H3/p+1/t17-/m1/s1. The van der Waals surface area contributed by atoms with Crippen molar-refractivity contribution in [2.45, 2.75) is 33.0 Å². The van der Waals surface area contributed by atoms with Gasteiger partial charge in [-0.25, -0.2) is 0 Å². The average molecular weight is 329 g/mol. The van der Waals surface area contributed by atoms with Crippen LogP contribution in [0.15, 0.2) is 72.8 Å². The van der Waals surface area contributed by atoms with Crippen molar-refractivity contribution in [1.29, 1.82) is 0 Å². The second-order valence-electron chi connectivity index (χ2n) is 6.75. The van der Waals surface area contributed by atoms with Crippen LogP contribution in [0.4, 0.5) is 0 Å². The van der Waals surface area contributed by atoms with Crippen molar-refractivity contribution in [1.82, 2.24) is 4.57 Å². The monoisotopic (exact) mass is 329 g/mol. The summed E-state index contributed by atoms with van der Waals surface area (Å²) in [4.78, 5) is 0. The zero-order valence-electron chi connectivity index (χ0n) is 14.9. The molecule has 0 saturated carbocycles. The third-order valence-corrected chi connectivity index (χ3v) is 5.19. The lowest BCUT2D eigenvalue weighted by Crippen LogP contribution is -2.83. The molecule has 0 aliphatic rings. The van der Waals surface area contributed by atoms with Crippen LogP contribution in [-0.2, 0) is 13.1 Å². The minimum atomic E-state index is 0.467. The quantitative estimate of drug-likeness (QED) is 0.551. The van der Waals surface area contributed by atoms with Gasteiger partial charge in [0.2, 0.25) is 0 Å². The van der Waals surface area contributed by atoms with Gasteiger partial charge in [-0.2, -0.15) is 0 Å². The molecular formula is C23H25N2+. The zero-order valence-corrected chi connectivity index (χ0v) is 14.9. The van der Waals surface area contributed by atoms with Crippen LogP contribution in [0.1, 0.15) is 31.0 Å². The van der Waals surface area contributed by atoms with Crippen LogP contribution in [0.2, 0.25) is 0 Å². The second kappa shape index (κ2) is 6.73. The van der Waals surface area contributed by atoms with E-state index in [9.17, 15) is 0 Å². The van der Waals surface area contributed by atoms with E-state index in [-0.39, 0.29) is 0 Å². The van der Waals surface area contributed by atoms with Gasteiger partial charge in [0.15, 0.2) is 0 Å². The van der Waals surface area contributed by atoms with Crippen molar-refractivity contribution in [3.05, 3.63) is 83.9 Å². The lowest BCUT2D eigenvalue weighted by Gasteiger charge is -2.11.